The molecule has 1 fully saturated rings. The highest BCUT2D eigenvalue weighted by molar-refractivity contribution is 6.31. The number of rotatable bonds is 8. The zero-order chi connectivity index (χ0) is 19.9. The lowest BCUT2D eigenvalue weighted by molar-refractivity contribution is -0.0521. The van der Waals surface area contributed by atoms with Crippen molar-refractivity contribution in [3.8, 4) is 11.6 Å². The van der Waals surface area contributed by atoms with Crippen molar-refractivity contribution in [3.05, 3.63) is 42.3 Å². The third kappa shape index (κ3) is 5.12. The molecule has 0 amide bonds. The minimum Gasteiger partial charge on any atom is -0.471 e. The maximum atomic E-state index is 13.4. The molecule has 1 saturated heterocycles. The van der Waals surface area contributed by atoms with E-state index in [9.17, 15) is 13.2 Å². The van der Waals surface area contributed by atoms with Crippen molar-refractivity contribution in [1.82, 2.24) is 4.98 Å². The highest BCUT2D eigenvalue weighted by Gasteiger charge is 2.15. The lowest BCUT2D eigenvalue weighted by Crippen LogP contribution is -2.36. The molecule has 1 aliphatic heterocycles. The third-order valence-corrected chi connectivity index (χ3v) is 3.97. The van der Waals surface area contributed by atoms with Crippen LogP contribution in [-0.4, -0.2) is 43.2 Å². The minimum absolute atomic E-state index is 0.00195. The van der Waals surface area contributed by atoms with Gasteiger partial charge in [0.25, 0.3) is 0 Å². The Morgan fingerprint density at radius 3 is 2.79 bits per heavy atom. The van der Waals surface area contributed by atoms with E-state index in [0.29, 0.717) is 5.88 Å². The molecule has 148 valence electrons. The number of aromatic nitrogens is 1. The van der Waals surface area contributed by atoms with E-state index in [1.54, 1.807) is 6.20 Å². The molecule has 0 radical (unpaired) electrons. The molecule has 0 aliphatic carbocycles. The van der Waals surface area contributed by atoms with Crippen LogP contribution < -0.4 is 20.2 Å². The first kappa shape index (κ1) is 19.5. The topological polar surface area (TPSA) is 85.3 Å². The van der Waals surface area contributed by atoms with E-state index in [4.69, 9.17) is 10.6 Å². The summed E-state index contributed by atoms with van der Waals surface area (Å²) in [5, 5.41) is 3.57. The Labute approximate surface area is 159 Å². The maximum absolute atomic E-state index is 13.4. The number of halogens is 3. The number of aliphatic imine (C=N–C) groups is 1. The summed E-state index contributed by atoms with van der Waals surface area (Å²) >= 11 is 0. The Balaban J connectivity index is 1.61. The molecule has 0 unspecified atom stereocenters. The van der Waals surface area contributed by atoms with E-state index >= 15 is 0 Å². The van der Waals surface area contributed by atoms with Gasteiger partial charge in [-0.25, -0.2) is 9.37 Å². The molecule has 2 heterocycles. The van der Waals surface area contributed by atoms with E-state index in [1.807, 2.05) is 12.1 Å². The van der Waals surface area contributed by atoms with Gasteiger partial charge in [0, 0.05) is 37.1 Å². The summed E-state index contributed by atoms with van der Waals surface area (Å²) in [6, 6.07) is 7.05. The van der Waals surface area contributed by atoms with Crippen LogP contribution in [0.4, 0.5) is 24.5 Å². The van der Waals surface area contributed by atoms with Gasteiger partial charge in [-0.15, -0.1) is 0 Å². The Bertz CT molecular complexity index is 872. The monoisotopic (exact) mass is 393 g/mol. The van der Waals surface area contributed by atoms with Crippen LogP contribution in [-0.2, 0) is 0 Å². The zero-order valence-electron chi connectivity index (χ0n) is 14.8. The van der Waals surface area contributed by atoms with E-state index in [-0.39, 0.29) is 18.0 Å². The highest BCUT2D eigenvalue weighted by Crippen LogP contribution is 2.25. The number of benzene rings is 1. The minimum atomic E-state index is -3.14. The molecule has 1 aromatic heterocycles. The van der Waals surface area contributed by atoms with Crippen molar-refractivity contribution >= 4 is 23.3 Å². The number of hydrogen-bond donors (Lipinski definition) is 1. The zero-order valence-corrected chi connectivity index (χ0v) is 14.8. The van der Waals surface area contributed by atoms with Crippen molar-refractivity contribution in [3.63, 3.8) is 0 Å². The molecule has 0 spiro atoms. The fourth-order valence-electron chi connectivity index (χ4n) is 2.41. The van der Waals surface area contributed by atoms with Crippen LogP contribution in [0.1, 0.15) is 6.42 Å². The largest absolute Gasteiger partial charge is 0.471 e. The van der Waals surface area contributed by atoms with Crippen LogP contribution in [0.15, 0.2) is 46.6 Å². The number of anilines is 1. The normalized spacial score (nSPS) is 14.4. The second-order valence-electron chi connectivity index (χ2n) is 5.85. The van der Waals surface area contributed by atoms with Crippen molar-refractivity contribution in [1.29, 1.82) is 0 Å². The van der Waals surface area contributed by atoms with Crippen LogP contribution in [0.2, 0.25) is 0 Å². The summed E-state index contributed by atoms with van der Waals surface area (Å²) in [7, 11) is 0. The van der Waals surface area contributed by atoms with Gasteiger partial charge in [-0.1, -0.05) is 0 Å². The van der Waals surface area contributed by atoms with Gasteiger partial charge in [0.05, 0.1) is 11.9 Å². The molecule has 1 aliphatic rings. The van der Waals surface area contributed by atoms with Crippen LogP contribution in [0.5, 0.6) is 11.6 Å². The maximum Gasteiger partial charge on any atom is 0.387 e. The van der Waals surface area contributed by atoms with E-state index in [1.165, 1.54) is 12.3 Å². The molecule has 10 heteroatoms. The molecular weight excluding hydrogens is 375 g/mol. The van der Waals surface area contributed by atoms with Crippen molar-refractivity contribution < 1.29 is 22.6 Å². The molecule has 2 aromatic rings. The van der Waals surface area contributed by atoms with Gasteiger partial charge in [-0.3, -0.25) is 4.99 Å². The highest BCUT2D eigenvalue weighted by atomic mass is 19.3. The van der Waals surface area contributed by atoms with E-state index < -0.39 is 18.2 Å². The number of nitrogens with zero attached hydrogens (tertiary/aromatic N) is 4. The Kier molecular flexibility index (Phi) is 6.30. The lowest BCUT2D eigenvalue weighted by atomic mass is 10.2. The fraction of sp³-hybridized carbons (Fsp3) is 0.278. The average molecular weight is 393 g/mol. The number of ether oxygens (including phenoxy) is 2. The average Bonchev–Trinajstić information content (AvgIpc) is 2.63. The molecule has 3 rings (SSSR count). The molecule has 1 aromatic carbocycles. The van der Waals surface area contributed by atoms with Crippen molar-refractivity contribution in [2.24, 2.45) is 15.9 Å². The van der Waals surface area contributed by atoms with Gasteiger partial charge in [0.15, 0.2) is 11.6 Å². The van der Waals surface area contributed by atoms with Gasteiger partial charge < -0.3 is 20.2 Å². The van der Waals surface area contributed by atoms with Crippen molar-refractivity contribution in [2.75, 3.05) is 24.6 Å². The van der Waals surface area contributed by atoms with Crippen molar-refractivity contribution in [2.45, 2.75) is 13.0 Å². The Morgan fingerprint density at radius 2 is 2.11 bits per heavy atom. The lowest BCUT2D eigenvalue weighted by Gasteiger charge is -2.33. The van der Waals surface area contributed by atoms with Gasteiger partial charge in [-0.05, 0) is 24.6 Å². The summed E-state index contributed by atoms with van der Waals surface area (Å²) in [6.45, 7) is -1.14. The fourth-order valence-corrected chi connectivity index (χ4v) is 2.41. The van der Waals surface area contributed by atoms with Crippen LogP contribution in [0, 0.1) is 5.82 Å². The van der Waals surface area contributed by atoms with Crippen LogP contribution >= 0.6 is 0 Å². The summed E-state index contributed by atoms with van der Waals surface area (Å²) in [6.07, 6.45) is 4.10. The molecule has 0 bridgehead atoms. The Hall–Kier alpha value is -3.30. The number of hydrazone groups is 1. The van der Waals surface area contributed by atoms with Crippen LogP contribution in [0.25, 0.3) is 0 Å². The molecule has 0 saturated carbocycles. The first-order valence-electron chi connectivity index (χ1n) is 8.44. The first-order chi connectivity index (χ1) is 13.5. The summed E-state index contributed by atoms with van der Waals surface area (Å²) in [5.74, 6) is 4.23. The number of pyridine rings is 1. The van der Waals surface area contributed by atoms with Gasteiger partial charge in [-0.2, -0.15) is 13.9 Å². The van der Waals surface area contributed by atoms with E-state index in [2.05, 4.69) is 24.7 Å². The predicted octanol–water partition coefficient (Wildman–Crippen LogP) is 3.13. The molecule has 7 nitrogen and oxygen atoms in total. The number of hydrogen-bond acceptors (Lipinski definition) is 7. The summed E-state index contributed by atoms with van der Waals surface area (Å²) in [4.78, 5) is 10.4. The summed E-state index contributed by atoms with van der Waals surface area (Å²) < 4.78 is 47.7. The second-order valence-corrected chi connectivity index (χ2v) is 5.85. The SMILES string of the molecule is NN=C(C=Nc1ccc(F)c(OC(F)F)c1)COc1cc(N2CCC2)ccn1. The smallest absolute Gasteiger partial charge is 0.387 e. The van der Waals surface area contributed by atoms with Gasteiger partial charge >= 0.3 is 6.61 Å². The van der Waals surface area contributed by atoms with Crippen LogP contribution in [0.3, 0.4) is 0 Å². The quantitative estimate of drug-likeness (QED) is 0.423. The molecule has 28 heavy (non-hydrogen) atoms. The first-order valence-corrected chi connectivity index (χ1v) is 8.44. The second kappa shape index (κ2) is 9.07. The summed E-state index contributed by atoms with van der Waals surface area (Å²) in [5.41, 5.74) is 1.49. The number of alkyl halides is 2. The van der Waals surface area contributed by atoms with Gasteiger partial charge in [0.2, 0.25) is 5.88 Å². The number of nitrogens with two attached hydrogens (primary N) is 1. The molecule has 0 atom stereocenters. The predicted molar refractivity (Wildman–Crippen MR) is 99.4 cm³/mol. The van der Waals surface area contributed by atoms with Gasteiger partial charge in [0.1, 0.15) is 12.3 Å². The standard InChI is InChI=1S/C18H18F3N5O2/c19-15-3-2-12(8-16(15)28-18(20)21)24-10-13(25-22)11-27-17-9-14(4-5-23-17)26-6-1-7-26/h2-5,8-10,18H,1,6-7,11,22H2. The molecule has 2 N–H and O–H groups in total. The van der Waals surface area contributed by atoms with E-state index in [0.717, 1.165) is 37.3 Å². The molecular formula is C18H18F3N5O2. The third-order valence-electron chi connectivity index (χ3n) is 3.97. The Morgan fingerprint density at radius 1 is 1.29 bits per heavy atom.